The highest BCUT2D eigenvalue weighted by Crippen LogP contribution is 2.45. The fraction of sp³-hybridized carbons (Fsp3) is 0.765. The van der Waals surface area contributed by atoms with Crippen LogP contribution in [0.1, 0.15) is 362 Å². The van der Waals surface area contributed by atoms with Crippen molar-refractivity contribution in [3.8, 4) is 0 Å². The number of unbranched alkanes of at least 4 members (excludes halogenated alkanes) is 36. The molecule has 104 heavy (non-hydrogen) atoms. The van der Waals surface area contributed by atoms with Crippen molar-refractivity contribution in [2.24, 2.45) is 0 Å². The van der Waals surface area contributed by atoms with Crippen LogP contribution < -0.4 is 0 Å². The third kappa shape index (κ3) is 76.2. The van der Waals surface area contributed by atoms with Gasteiger partial charge in [0.2, 0.25) is 0 Å². The second-order valence-corrected chi connectivity index (χ2v) is 30.6. The summed E-state index contributed by atoms with van der Waals surface area (Å²) in [5, 5.41) is 10.7. The summed E-state index contributed by atoms with van der Waals surface area (Å²) in [6.07, 6.45) is 82.4. The van der Waals surface area contributed by atoms with Gasteiger partial charge in [-0.1, -0.05) is 305 Å². The summed E-state index contributed by atoms with van der Waals surface area (Å²) in [5.74, 6) is -2.25. The minimum Gasteiger partial charge on any atom is -0.462 e. The predicted octanol–water partition coefficient (Wildman–Crippen LogP) is 24.3. The van der Waals surface area contributed by atoms with Crippen molar-refractivity contribution in [3.05, 3.63) is 97.2 Å². The lowest BCUT2D eigenvalue weighted by Crippen LogP contribution is -2.30. The molecule has 0 spiro atoms. The molecule has 0 saturated carbocycles. The van der Waals surface area contributed by atoms with Gasteiger partial charge in [0.25, 0.3) is 0 Å². The Hall–Kier alpha value is -4.02. The molecule has 2 unspecified atom stereocenters. The van der Waals surface area contributed by atoms with Gasteiger partial charge in [-0.05, 0) is 128 Å². The first kappa shape index (κ1) is 100.0. The van der Waals surface area contributed by atoms with Crippen LogP contribution in [0.5, 0.6) is 0 Å². The van der Waals surface area contributed by atoms with Crippen LogP contribution in [0.3, 0.4) is 0 Å². The first-order chi connectivity index (χ1) is 50.7. The van der Waals surface area contributed by atoms with E-state index in [1.54, 1.807) is 0 Å². The molecule has 0 fully saturated rings. The molecule has 0 aromatic rings. The van der Waals surface area contributed by atoms with Crippen molar-refractivity contribution in [1.29, 1.82) is 0 Å². The van der Waals surface area contributed by atoms with Gasteiger partial charge in [-0.3, -0.25) is 37.3 Å². The van der Waals surface area contributed by atoms with Crippen LogP contribution in [0.15, 0.2) is 97.2 Å². The third-order valence-corrected chi connectivity index (χ3v) is 19.4. The lowest BCUT2D eigenvalue weighted by Gasteiger charge is -2.21. The Kier molecular flexibility index (Phi) is 74.2. The van der Waals surface area contributed by atoms with Gasteiger partial charge in [-0.15, -0.1) is 0 Å². The number of ether oxygens (including phenoxy) is 4. The maximum Gasteiger partial charge on any atom is 0.472 e. The Balaban J connectivity index is 5.41. The molecule has 3 N–H and O–H groups in total. The Morgan fingerprint density at radius 1 is 0.269 bits per heavy atom. The maximum atomic E-state index is 13.1. The highest BCUT2D eigenvalue weighted by molar-refractivity contribution is 7.47. The summed E-state index contributed by atoms with van der Waals surface area (Å²) in [4.78, 5) is 73.1. The van der Waals surface area contributed by atoms with Crippen LogP contribution in [0, 0.1) is 0 Å². The number of esters is 4. The summed E-state index contributed by atoms with van der Waals surface area (Å²) in [6, 6.07) is 0. The van der Waals surface area contributed by atoms with Gasteiger partial charge in [-0.2, -0.15) is 0 Å². The van der Waals surface area contributed by atoms with E-state index in [1.807, 2.05) is 12.2 Å². The Morgan fingerprint density at radius 3 is 0.779 bits per heavy atom. The van der Waals surface area contributed by atoms with Gasteiger partial charge < -0.3 is 33.8 Å². The van der Waals surface area contributed by atoms with Gasteiger partial charge in [0.05, 0.1) is 26.4 Å². The van der Waals surface area contributed by atoms with E-state index >= 15 is 0 Å². The average Bonchev–Trinajstić information content (AvgIpc) is 0.926. The van der Waals surface area contributed by atoms with E-state index in [1.165, 1.54) is 135 Å². The first-order valence-electron chi connectivity index (χ1n) is 41.5. The monoisotopic (exact) mass is 1510 g/mol. The standard InChI is InChI=1S/C85H150O17P2/c1-5-9-13-17-21-25-29-33-37-39-43-46-50-54-58-62-66-70-83(88)96-76-81(102-85(90)72-68-64-60-56-52-48-44-40-38-34-30-26-22-18-14-10-6-2)78-100-104(93,94)98-74-79(86)73-97-103(91,92)99-77-80(101-84(89)71-67-63-59-55-51-47-42-36-32-28-24-20-16-12-8-4)75-95-82(87)69-65-61-57-53-49-45-41-35-31-27-23-19-15-11-7-3/h21,23-25,27-28,33,35-37,41-43,46,54,58,79-81,86H,5-20,22,26,29-32,34,38-40,44-45,47-53,55-57,59-78H2,1-4H3,(H,91,92)(H,93,94)/b25-21-,27-23-,28-24-,37-33-,41-35-,42-36-,46-43-,58-54-/t79-,80+,81+/m0/s1. The number of aliphatic hydroxyl groups is 1. The summed E-state index contributed by atoms with van der Waals surface area (Å²) in [5.41, 5.74) is 0. The molecule has 0 radical (unpaired) electrons. The zero-order valence-electron chi connectivity index (χ0n) is 65.9. The number of hydrogen-bond acceptors (Lipinski definition) is 15. The Bertz CT molecular complexity index is 2350. The molecule has 0 rings (SSSR count). The van der Waals surface area contributed by atoms with E-state index < -0.39 is 97.5 Å². The topological polar surface area (TPSA) is 237 Å². The van der Waals surface area contributed by atoms with E-state index in [-0.39, 0.29) is 25.7 Å². The Labute approximate surface area is 633 Å². The molecule has 0 aliphatic rings. The van der Waals surface area contributed by atoms with Crippen LogP contribution in [0.25, 0.3) is 0 Å². The van der Waals surface area contributed by atoms with Gasteiger partial charge in [-0.25, -0.2) is 9.13 Å². The highest BCUT2D eigenvalue weighted by Gasteiger charge is 2.30. The zero-order chi connectivity index (χ0) is 76.0. The van der Waals surface area contributed by atoms with Crippen molar-refractivity contribution < 1.29 is 80.2 Å². The minimum atomic E-state index is -4.99. The van der Waals surface area contributed by atoms with Gasteiger partial charge in [0.1, 0.15) is 19.3 Å². The molecule has 0 saturated heterocycles. The van der Waals surface area contributed by atoms with Crippen molar-refractivity contribution >= 4 is 39.5 Å². The van der Waals surface area contributed by atoms with Crippen molar-refractivity contribution in [2.45, 2.75) is 380 Å². The van der Waals surface area contributed by atoms with Gasteiger partial charge >= 0.3 is 39.5 Å². The SMILES string of the molecule is CCCCC/C=C\C/C=C\C/C=C\C/C=C\CCCC(=O)OC[C@H](COP(=O)(O)OC[C@@H](O)COP(=O)(O)OC[C@@H](COC(=O)CCCCCCC/C=C\C/C=C\CCCCC)OC(=O)CCCCCCC/C=C\C/C=C\CCCCC)OC(=O)CCCCCCCCCCCCCCCCCCC. The molecule has 0 amide bonds. The Morgan fingerprint density at radius 2 is 0.481 bits per heavy atom. The second kappa shape index (κ2) is 77.1. The van der Waals surface area contributed by atoms with Crippen LogP contribution in [-0.2, 0) is 65.4 Å². The normalized spacial score (nSPS) is 14.3. The van der Waals surface area contributed by atoms with E-state index in [0.717, 1.165) is 141 Å². The second-order valence-electron chi connectivity index (χ2n) is 27.7. The largest absolute Gasteiger partial charge is 0.472 e. The molecular formula is C85H150O17P2. The molecule has 0 aromatic heterocycles. The quantitative estimate of drug-likeness (QED) is 0.0169. The molecule has 602 valence electrons. The van der Waals surface area contributed by atoms with E-state index in [9.17, 15) is 43.2 Å². The van der Waals surface area contributed by atoms with Crippen LogP contribution in [0.4, 0.5) is 0 Å². The maximum absolute atomic E-state index is 13.1. The van der Waals surface area contributed by atoms with Crippen molar-refractivity contribution in [3.63, 3.8) is 0 Å². The molecular weight excluding hydrogens is 1350 g/mol. The van der Waals surface area contributed by atoms with E-state index in [4.69, 9.17) is 37.0 Å². The van der Waals surface area contributed by atoms with Gasteiger partial charge in [0.15, 0.2) is 12.2 Å². The molecule has 5 atom stereocenters. The molecule has 0 aliphatic heterocycles. The van der Waals surface area contributed by atoms with E-state index in [0.29, 0.717) is 32.1 Å². The third-order valence-electron chi connectivity index (χ3n) is 17.5. The molecule has 19 heteroatoms. The number of hydrogen-bond donors (Lipinski definition) is 3. The highest BCUT2D eigenvalue weighted by atomic mass is 31.2. The molecule has 0 aromatic carbocycles. The predicted molar refractivity (Wildman–Crippen MR) is 427 cm³/mol. The molecule has 0 aliphatic carbocycles. The van der Waals surface area contributed by atoms with Crippen molar-refractivity contribution in [2.75, 3.05) is 39.6 Å². The first-order valence-corrected chi connectivity index (χ1v) is 44.5. The number of carbonyl (C=O) groups excluding carboxylic acids is 4. The number of allylic oxidation sites excluding steroid dienone is 16. The number of phosphoric ester groups is 2. The van der Waals surface area contributed by atoms with Crippen LogP contribution >= 0.6 is 15.6 Å². The lowest BCUT2D eigenvalue weighted by molar-refractivity contribution is -0.161. The molecule has 0 heterocycles. The lowest BCUT2D eigenvalue weighted by atomic mass is 10.0. The number of rotatable bonds is 78. The van der Waals surface area contributed by atoms with Crippen molar-refractivity contribution in [1.82, 2.24) is 0 Å². The summed E-state index contributed by atoms with van der Waals surface area (Å²) in [6.45, 7) is 4.76. The number of phosphoric acid groups is 2. The van der Waals surface area contributed by atoms with Gasteiger partial charge in [0, 0.05) is 25.7 Å². The summed E-state index contributed by atoms with van der Waals surface area (Å²) < 4.78 is 68.6. The van der Waals surface area contributed by atoms with Crippen LogP contribution in [0.2, 0.25) is 0 Å². The number of carbonyl (C=O) groups is 4. The average molecular weight is 1510 g/mol. The van der Waals surface area contributed by atoms with E-state index in [2.05, 4.69) is 113 Å². The summed E-state index contributed by atoms with van der Waals surface area (Å²) >= 11 is 0. The summed E-state index contributed by atoms with van der Waals surface area (Å²) in [7, 11) is -9.98. The molecule has 0 bridgehead atoms. The van der Waals surface area contributed by atoms with Crippen LogP contribution in [-0.4, -0.2) is 96.7 Å². The number of aliphatic hydroxyl groups excluding tert-OH is 1. The fourth-order valence-electron chi connectivity index (χ4n) is 11.2. The minimum absolute atomic E-state index is 0.0754. The zero-order valence-corrected chi connectivity index (χ0v) is 67.7. The fourth-order valence-corrected chi connectivity index (χ4v) is 12.7. The smallest absolute Gasteiger partial charge is 0.462 e. The molecule has 17 nitrogen and oxygen atoms in total.